The number of hydrogen-bond donors (Lipinski definition) is 0. The van der Waals surface area contributed by atoms with Crippen LogP contribution in [0.3, 0.4) is 0 Å². The highest BCUT2D eigenvalue weighted by Gasteiger charge is 2.24. The maximum atomic E-state index is 2.41. The van der Waals surface area contributed by atoms with Crippen molar-refractivity contribution in [2.75, 3.05) is 0 Å². The third-order valence-electron chi connectivity index (χ3n) is 5.17. The van der Waals surface area contributed by atoms with Crippen LogP contribution in [-0.2, 0) is 12.8 Å². The van der Waals surface area contributed by atoms with Crippen molar-refractivity contribution in [1.82, 2.24) is 0 Å². The predicted molar refractivity (Wildman–Crippen MR) is 95.2 cm³/mol. The molecule has 2 aromatic rings. The third kappa shape index (κ3) is 4.00. The fraction of sp³-hybridized carbons (Fsp3) is 0.455. The third-order valence-corrected chi connectivity index (χ3v) is 5.17. The molecule has 0 N–H and O–H groups in total. The van der Waals surface area contributed by atoms with Gasteiger partial charge in [0.05, 0.1) is 0 Å². The summed E-state index contributed by atoms with van der Waals surface area (Å²) in [5.41, 5.74) is 4.45. The van der Waals surface area contributed by atoms with Gasteiger partial charge in [-0.15, -0.1) is 0 Å². The van der Waals surface area contributed by atoms with Gasteiger partial charge < -0.3 is 0 Å². The van der Waals surface area contributed by atoms with Gasteiger partial charge in [0.25, 0.3) is 0 Å². The molecule has 0 amide bonds. The first-order chi connectivity index (χ1) is 10.7. The van der Waals surface area contributed by atoms with Gasteiger partial charge in [0.1, 0.15) is 0 Å². The van der Waals surface area contributed by atoms with Gasteiger partial charge in [-0.2, -0.15) is 0 Å². The van der Waals surface area contributed by atoms with E-state index >= 15 is 0 Å². The Bertz CT molecular complexity index is 557. The quantitative estimate of drug-likeness (QED) is 0.647. The summed E-state index contributed by atoms with van der Waals surface area (Å²) in [5.74, 6) is 2.54. The van der Waals surface area contributed by atoms with Crippen LogP contribution in [0.15, 0.2) is 54.6 Å². The summed E-state index contributed by atoms with van der Waals surface area (Å²) in [6.07, 6.45) is 6.42. The van der Waals surface area contributed by atoms with Crippen LogP contribution >= 0.6 is 0 Å². The Morgan fingerprint density at radius 1 is 0.682 bits per heavy atom. The number of rotatable bonds is 4. The minimum atomic E-state index is 0.780. The predicted octanol–water partition coefficient (Wildman–Crippen LogP) is 6.01. The van der Waals surface area contributed by atoms with Gasteiger partial charge >= 0.3 is 0 Å². The van der Waals surface area contributed by atoms with E-state index in [2.05, 4.69) is 68.4 Å². The zero-order valence-corrected chi connectivity index (χ0v) is 14.0. The van der Waals surface area contributed by atoms with Gasteiger partial charge in [0.2, 0.25) is 0 Å². The topological polar surface area (TPSA) is 0 Å². The van der Waals surface area contributed by atoms with Crippen molar-refractivity contribution < 1.29 is 0 Å². The lowest BCUT2D eigenvalue weighted by Gasteiger charge is -2.31. The molecule has 0 aliphatic heterocycles. The van der Waals surface area contributed by atoms with Crippen LogP contribution in [0.25, 0.3) is 0 Å². The molecule has 0 heterocycles. The number of benzene rings is 2. The Balaban J connectivity index is 1.60. The van der Waals surface area contributed by atoms with Crippen LogP contribution < -0.4 is 0 Å². The van der Waals surface area contributed by atoms with E-state index in [1.54, 1.807) is 5.56 Å². The van der Waals surface area contributed by atoms with Crippen molar-refractivity contribution >= 4 is 0 Å². The summed E-state index contributed by atoms with van der Waals surface area (Å²) in [4.78, 5) is 0. The minimum Gasteiger partial charge on any atom is -0.0625 e. The second kappa shape index (κ2) is 7.13. The van der Waals surface area contributed by atoms with Gasteiger partial charge in [-0.3, -0.25) is 0 Å². The molecule has 1 saturated carbocycles. The van der Waals surface area contributed by atoms with E-state index in [9.17, 15) is 0 Å². The van der Waals surface area contributed by atoms with Crippen molar-refractivity contribution in [2.45, 2.75) is 51.9 Å². The minimum absolute atomic E-state index is 0.780. The molecular formula is C22H28. The molecule has 2 unspecified atom stereocenters. The summed E-state index contributed by atoms with van der Waals surface area (Å²) < 4.78 is 0. The monoisotopic (exact) mass is 292 g/mol. The zero-order chi connectivity index (χ0) is 15.4. The van der Waals surface area contributed by atoms with E-state index in [4.69, 9.17) is 0 Å². The lowest BCUT2D eigenvalue weighted by Crippen LogP contribution is -2.18. The summed E-state index contributed by atoms with van der Waals surface area (Å²) in [6, 6.07) is 20.3. The molecule has 1 aliphatic rings. The zero-order valence-electron chi connectivity index (χ0n) is 14.0. The lowest BCUT2D eigenvalue weighted by atomic mass is 9.74. The van der Waals surface area contributed by atoms with Crippen molar-refractivity contribution in [3.05, 3.63) is 71.3 Å². The van der Waals surface area contributed by atoms with Crippen LogP contribution in [0.4, 0.5) is 0 Å². The van der Waals surface area contributed by atoms with Crippen molar-refractivity contribution in [1.29, 1.82) is 0 Å². The molecule has 0 radical (unpaired) electrons. The van der Waals surface area contributed by atoms with E-state index in [1.165, 1.54) is 30.4 Å². The molecule has 0 spiro atoms. The van der Waals surface area contributed by atoms with E-state index in [0.717, 1.165) is 30.6 Å². The van der Waals surface area contributed by atoms with Gasteiger partial charge in [0, 0.05) is 0 Å². The first-order valence-electron chi connectivity index (χ1n) is 8.83. The van der Waals surface area contributed by atoms with Crippen LogP contribution in [0.1, 0.15) is 55.7 Å². The molecule has 1 fully saturated rings. The molecule has 3 rings (SSSR count). The second-order valence-corrected chi connectivity index (χ2v) is 7.34. The first-order valence-corrected chi connectivity index (χ1v) is 8.83. The Hall–Kier alpha value is -1.56. The Labute approximate surface area is 135 Å². The largest absolute Gasteiger partial charge is 0.0625 e. The highest BCUT2D eigenvalue weighted by atomic mass is 14.3. The summed E-state index contributed by atoms with van der Waals surface area (Å²) in [5, 5.41) is 0. The maximum Gasteiger partial charge on any atom is -0.0157 e. The first kappa shape index (κ1) is 15.3. The Morgan fingerprint density at radius 2 is 1.23 bits per heavy atom. The van der Waals surface area contributed by atoms with E-state index in [0.29, 0.717) is 0 Å². The van der Waals surface area contributed by atoms with Crippen molar-refractivity contribution in [2.24, 2.45) is 11.8 Å². The standard InChI is InChI=1S/C22H28/c1-17-14-18(2)16-22(15-17)21-12-10-20(11-13-21)9-8-19-6-4-3-5-7-19/h3-7,10-13,17-18,22H,8-9,14-16H2,1-2H3. The molecule has 2 atom stereocenters. The summed E-state index contributed by atoms with van der Waals surface area (Å²) >= 11 is 0. The van der Waals surface area contributed by atoms with Gasteiger partial charge in [0.15, 0.2) is 0 Å². The second-order valence-electron chi connectivity index (χ2n) is 7.34. The van der Waals surface area contributed by atoms with E-state index in [1.807, 2.05) is 0 Å². The highest BCUT2D eigenvalue weighted by molar-refractivity contribution is 5.27. The molecular weight excluding hydrogens is 264 g/mol. The average Bonchev–Trinajstić information content (AvgIpc) is 2.53. The molecule has 0 aromatic heterocycles. The SMILES string of the molecule is CC1CC(C)CC(c2ccc(CCc3ccccc3)cc2)C1. The van der Waals surface area contributed by atoms with Crippen LogP contribution in [0.5, 0.6) is 0 Å². The highest BCUT2D eigenvalue weighted by Crippen LogP contribution is 2.39. The lowest BCUT2D eigenvalue weighted by molar-refractivity contribution is 0.268. The molecule has 0 nitrogen and oxygen atoms in total. The van der Waals surface area contributed by atoms with E-state index < -0.39 is 0 Å². The number of hydrogen-bond acceptors (Lipinski definition) is 0. The molecule has 1 aliphatic carbocycles. The fourth-order valence-electron chi connectivity index (χ4n) is 4.11. The molecule has 116 valence electrons. The summed E-state index contributed by atoms with van der Waals surface area (Å²) in [6.45, 7) is 4.83. The van der Waals surface area contributed by atoms with Crippen molar-refractivity contribution in [3.8, 4) is 0 Å². The van der Waals surface area contributed by atoms with E-state index in [-0.39, 0.29) is 0 Å². The summed E-state index contributed by atoms with van der Waals surface area (Å²) in [7, 11) is 0. The Morgan fingerprint density at radius 3 is 1.82 bits per heavy atom. The van der Waals surface area contributed by atoms with Gasteiger partial charge in [-0.1, -0.05) is 68.4 Å². The maximum absolute atomic E-state index is 2.41. The Kier molecular flexibility index (Phi) is 4.97. The average molecular weight is 292 g/mol. The molecule has 0 saturated heterocycles. The van der Waals surface area contributed by atoms with Gasteiger partial charge in [-0.25, -0.2) is 0 Å². The van der Waals surface area contributed by atoms with Crippen molar-refractivity contribution in [3.63, 3.8) is 0 Å². The smallest absolute Gasteiger partial charge is 0.0157 e. The van der Waals surface area contributed by atoms with Crippen LogP contribution in [-0.4, -0.2) is 0 Å². The normalized spacial score (nSPS) is 25.1. The molecule has 2 aromatic carbocycles. The van der Waals surface area contributed by atoms with Crippen LogP contribution in [0, 0.1) is 11.8 Å². The fourth-order valence-corrected chi connectivity index (χ4v) is 4.11. The van der Waals surface area contributed by atoms with Gasteiger partial charge in [-0.05, 0) is 66.5 Å². The van der Waals surface area contributed by atoms with Crippen LogP contribution in [0.2, 0.25) is 0 Å². The molecule has 22 heavy (non-hydrogen) atoms. The number of aryl methyl sites for hydroxylation is 2. The molecule has 0 heteroatoms. The molecule has 0 bridgehead atoms.